The summed E-state index contributed by atoms with van der Waals surface area (Å²) >= 11 is 0. The van der Waals surface area contributed by atoms with Crippen LogP contribution in [-0.4, -0.2) is 49.1 Å². The van der Waals surface area contributed by atoms with E-state index >= 15 is 0 Å². The Balaban J connectivity index is 2.49. The lowest BCUT2D eigenvalue weighted by molar-refractivity contribution is -0.140. The molecule has 124 valence electrons. The van der Waals surface area contributed by atoms with Crippen molar-refractivity contribution in [1.82, 2.24) is 4.90 Å². The molecule has 1 aliphatic heterocycles. The minimum Gasteiger partial charge on any atom is -0.395 e. The molecule has 2 amide bonds. The maximum Gasteiger partial charge on any atom is 0.271 e. The minimum absolute atomic E-state index is 0.0702. The van der Waals surface area contributed by atoms with Crippen molar-refractivity contribution in [2.75, 3.05) is 32.1 Å². The predicted octanol–water partition coefficient (Wildman–Crippen LogP) is 1.34. The standard InChI is InChI=1S/C18H19N3O3/c1-12-15(10-13-4-6-14(7-5-13)20(2)3)17(23)21(8-9-22)18(24)16(12)11-19/h4-7,10,22H,8-9H2,1-3H3/b15-10-. The lowest BCUT2D eigenvalue weighted by Gasteiger charge is -2.26. The van der Waals surface area contributed by atoms with E-state index in [1.54, 1.807) is 13.0 Å². The third kappa shape index (κ3) is 3.21. The van der Waals surface area contributed by atoms with Gasteiger partial charge in [-0.3, -0.25) is 14.5 Å². The molecule has 6 nitrogen and oxygen atoms in total. The van der Waals surface area contributed by atoms with Gasteiger partial charge in [-0.05, 0) is 36.3 Å². The molecule has 1 aliphatic rings. The van der Waals surface area contributed by atoms with Crippen LogP contribution in [0.4, 0.5) is 5.69 Å². The first-order chi connectivity index (χ1) is 11.4. The molecule has 6 heteroatoms. The van der Waals surface area contributed by atoms with Gasteiger partial charge < -0.3 is 10.0 Å². The van der Waals surface area contributed by atoms with Crippen molar-refractivity contribution in [3.8, 4) is 6.07 Å². The van der Waals surface area contributed by atoms with Crippen LogP contribution in [0.3, 0.4) is 0 Å². The molecule has 0 radical (unpaired) electrons. The molecule has 0 atom stereocenters. The number of carbonyl (C=O) groups is 2. The number of β-amino-alcohol motifs (C(OH)–C–C–N with tert-alkyl or cyclic N) is 1. The van der Waals surface area contributed by atoms with Crippen LogP contribution in [0.15, 0.2) is 41.0 Å². The van der Waals surface area contributed by atoms with E-state index in [0.717, 1.165) is 16.2 Å². The van der Waals surface area contributed by atoms with Crippen LogP contribution in [0.1, 0.15) is 12.5 Å². The van der Waals surface area contributed by atoms with Crippen LogP contribution in [0.5, 0.6) is 0 Å². The van der Waals surface area contributed by atoms with Gasteiger partial charge in [0, 0.05) is 25.4 Å². The molecule has 0 spiro atoms. The van der Waals surface area contributed by atoms with Gasteiger partial charge in [0.1, 0.15) is 11.6 Å². The molecule has 0 saturated carbocycles. The molecular weight excluding hydrogens is 306 g/mol. The molecule has 0 aromatic heterocycles. The number of imide groups is 1. The van der Waals surface area contributed by atoms with Crippen molar-refractivity contribution in [3.05, 3.63) is 46.5 Å². The van der Waals surface area contributed by atoms with E-state index in [2.05, 4.69) is 0 Å². The SMILES string of the molecule is CC1=C(C#N)C(=O)N(CCO)C(=O)/C1=C\c1ccc(N(C)C)cc1. The summed E-state index contributed by atoms with van der Waals surface area (Å²) in [7, 11) is 3.87. The predicted molar refractivity (Wildman–Crippen MR) is 90.9 cm³/mol. The average Bonchev–Trinajstić information content (AvgIpc) is 2.56. The second-order valence-corrected chi connectivity index (χ2v) is 5.64. The summed E-state index contributed by atoms with van der Waals surface area (Å²) in [5, 5.41) is 18.3. The number of nitriles is 1. The van der Waals surface area contributed by atoms with E-state index < -0.39 is 11.8 Å². The third-order valence-corrected chi connectivity index (χ3v) is 3.87. The summed E-state index contributed by atoms with van der Waals surface area (Å²) in [6.07, 6.45) is 1.66. The van der Waals surface area contributed by atoms with Gasteiger partial charge >= 0.3 is 0 Å². The maximum atomic E-state index is 12.6. The smallest absolute Gasteiger partial charge is 0.271 e. The van der Waals surface area contributed by atoms with E-state index in [9.17, 15) is 14.9 Å². The Morgan fingerprint density at radius 2 is 1.83 bits per heavy atom. The van der Waals surface area contributed by atoms with E-state index in [4.69, 9.17) is 5.11 Å². The zero-order valence-corrected chi connectivity index (χ0v) is 13.9. The highest BCUT2D eigenvalue weighted by Crippen LogP contribution is 2.27. The van der Waals surface area contributed by atoms with E-state index in [-0.39, 0.29) is 24.3 Å². The van der Waals surface area contributed by atoms with Gasteiger partial charge in [0.25, 0.3) is 11.8 Å². The highest BCUT2D eigenvalue weighted by molar-refractivity contribution is 6.19. The number of aliphatic hydroxyl groups is 1. The van der Waals surface area contributed by atoms with Crippen molar-refractivity contribution in [2.45, 2.75) is 6.92 Å². The van der Waals surface area contributed by atoms with Crippen LogP contribution >= 0.6 is 0 Å². The van der Waals surface area contributed by atoms with Crippen molar-refractivity contribution < 1.29 is 14.7 Å². The van der Waals surface area contributed by atoms with E-state index in [1.807, 2.05) is 49.3 Å². The molecular formula is C18H19N3O3. The Morgan fingerprint density at radius 3 is 2.33 bits per heavy atom. The lowest BCUT2D eigenvalue weighted by Crippen LogP contribution is -2.44. The fourth-order valence-electron chi connectivity index (χ4n) is 2.47. The number of aliphatic hydroxyl groups excluding tert-OH is 1. The third-order valence-electron chi connectivity index (χ3n) is 3.87. The molecule has 1 aromatic rings. The summed E-state index contributed by atoms with van der Waals surface area (Å²) in [5.41, 5.74) is 2.39. The number of anilines is 1. The Kier molecular flexibility index (Phi) is 5.17. The highest BCUT2D eigenvalue weighted by Gasteiger charge is 2.34. The summed E-state index contributed by atoms with van der Waals surface area (Å²) in [4.78, 5) is 27.6. The summed E-state index contributed by atoms with van der Waals surface area (Å²) in [6.45, 7) is 1.11. The van der Waals surface area contributed by atoms with E-state index in [1.165, 1.54) is 0 Å². The van der Waals surface area contributed by atoms with Crippen LogP contribution in [0, 0.1) is 11.3 Å². The Morgan fingerprint density at radius 1 is 1.21 bits per heavy atom. The van der Waals surface area contributed by atoms with Crippen molar-refractivity contribution in [3.63, 3.8) is 0 Å². The van der Waals surface area contributed by atoms with Crippen molar-refractivity contribution in [1.29, 1.82) is 5.26 Å². The number of benzene rings is 1. The number of carbonyl (C=O) groups excluding carboxylic acids is 2. The first-order valence-electron chi connectivity index (χ1n) is 7.48. The molecule has 1 aromatic carbocycles. The Bertz CT molecular complexity index is 768. The van der Waals surface area contributed by atoms with Gasteiger partial charge in [-0.2, -0.15) is 5.26 Å². The van der Waals surface area contributed by atoms with Gasteiger partial charge in [-0.1, -0.05) is 12.1 Å². The fourth-order valence-corrected chi connectivity index (χ4v) is 2.47. The quantitative estimate of drug-likeness (QED) is 0.667. The van der Waals surface area contributed by atoms with Crippen LogP contribution in [-0.2, 0) is 9.59 Å². The zero-order valence-electron chi connectivity index (χ0n) is 13.9. The fraction of sp³-hybridized carbons (Fsp3) is 0.278. The number of hydrogen-bond acceptors (Lipinski definition) is 5. The highest BCUT2D eigenvalue weighted by atomic mass is 16.3. The second-order valence-electron chi connectivity index (χ2n) is 5.64. The molecule has 0 unspecified atom stereocenters. The van der Waals surface area contributed by atoms with Gasteiger partial charge in [0.05, 0.1) is 13.2 Å². The molecule has 1 N–H and O–H groups in total. The number of nitrogens with zero attached hydrogens (tertiary/aromatic N) is 3. The monoisotopic (exact) mass is 325 g/mol. The number of amides is 2. The Labute approximate surface area is 140 Å². The topological polar surface area (TPSA) is 84.6 Å². The molecule has 1 heterocycles. The van der Waals surface area contributed by atoms with Crippen LogP contribution in [0.2, 0.25) is 0 Å². The molecule has 0 bridgehead atoms. The average molecular weight is 325 g/mol. The van der Waals surface area contributed by atoms with Gasteiger partial charge in [0.2, 0.25) is 0 Å². The number of rotatable bonds is 4. The van der Waals surface area contributed by atoms with Crippen molar-refractivity contribution in [2.24, 2.45) is 0 Å². The van der Waals surface area contributed by atoms with Crippen LogP contribution in [0.25, 0.3) is 6.08 Å². The van der Waals surface area contributed by atoms with Gasteiger partial charge in [-0.15, -0.1) is 0 Å². The Hall–Kier alpha value is -2.91. The molecule has 0 aliphatic carbocycles. The first kappa shape index (κ1) is 17.4. The molecule has 2 rings (SSSR count). The van der Waals surface area contributed by atoms with E-state index in [0.29, 0.717) is 5.57 Å². The summed E-state index contributed by atoms with van der Waals surface area (Å²) in [5.74, 6) is -1.16. The van der Waals surface area contributed by atoms with Crippen LogP contribution < -0.4 is 4.90 Å². The maximum absolute atomic E-state index is 12.6. The van der Waals surface area contributed by atoms with Gasteiger partial charge in [0.15, 0.2) is 0 Å². The summed E-state index contributed by atoms with van der Waals surface area (Å²) in [6, 6.07) is 9.42. The second kappa shape index (κ2) is 7.11. The molecule has 0 fully saturated rings. The minimum atomic E-state index is -0.658. The molecule has 24 heavy (non-hydrogen) atoms. The van der Waals surface area contributed by atoms with Gasteiger partial charge in [-0.25, -0.2) is 0 Å². The largest absolute Gasteiger partial charge is 0.395 e. The normalized spacial score (nSPS) is 16.6. The molecule has 0 saturated heterocycles. The summed E-state index contributed by atoms with van der Waals surface area (Å²) < 4.78 is 0. The number of hydrogen-bond donors (Lipinski definition) is 1. The first-order valence-corrected chi connectivity index (χ1v) is 7.48. The van der Waals surface area contributed by atoms with Crippen molar-refractivity contribution >= 4 is 23.6 Å². The lowest BCUT2D eigenvalue weighted by atomic mass is 9.93. The zero-order chi connectivity index (χ0) is 17.9.